The van der Waals surface area contributed by atoms with E-state index >= 15 is 0 Å². The van der Waals surface area contributed by atoms with Crippen LogP contribution in [0, 0.1) is 20.8 Å². The third-order valence-corrected chi connectivity index (χ3v) is 6.93. The van der Waals surface area contributed by atoms with E-state index in [1.54, 1.807) is 36.4 Å². The number of amides is 1. The number of ether oxygens (including phenoxy) is 1. The minimum atomic E-state index is -3.98. The number of nitrogens with one attached hydrogen (secondary N) is 1. The van der Waals surface area contributed by atoms with Crippen molar-refractivity contribution in [1.29, 1.82) is 0 Å². The Morgan fingerprint density at radius 2 is 1.57 bits per heavy atom. The van der Waals surface area contributed by atoms with E-state index in [1.165, 1.54) is 6.21 Å². The molecule has 0 aromatic heterocycles. The number of aryl methyl sites for hydroxylation is 3. The van der Waals surface area contributed by atoms with E-state index in [2.05, 4.69) is 10.5 Å². The van der Waals surface area contributed by atoms with Crippen molar-refractivity contribution in [1.82, 2.24) is 5.43 Å². The molecule has 0 aliphatic heterocycles. The van der Waals surface area contributed by atoms with Crippen LogP contribution in [-0.4, -0.2) is 33.7 Å². The third kappa shape index (κ3) is 7.16. The highest BCUT2D eigenvalue weighted by atomic mass is 32.2. The Kier molecular flexibility index (Phi) is 8.65. The molecule has 184 valence electrons. The zero-order valence-corrected chi connectivity index (χ0v) is 21.3. The quantitative estimate of drug-likeness (QED) is 0.326. The Morgan fingerprint density at radius 1 is 0.943 bits per heavy atom. The lowest BCUT2D eigenvalue weighted by molar-refractivity contribution is -0.119. The zero-order valence-electron chi connectivity index (χ0n) is 20.5. The summed E-state index contributed by atoms with van der Waals surface area (Å²) in [5, 5.41) is 3.99. The molecule has 0 saturated carbocycles. The van der Waals surface area contributed by atoms with E-state index < -0.39 is 22.5 Å². The lowest BCUT2D eigenvalue weighted by atomic mass is 10.1. The predicted molar refractivity (Wildman–Crippen MR) is 140 cm³/mol. The van der Waals surface area contributed by atoms with Crippen LogP contribution in [0.3, 0.4) is 0 Å². The minimum Gasteiger partial charge on any atom is -0.494 e. The molecule has 7 nitrogen and oxygen atoms in total. The molecule has 0 unspecified atom stereocenters. The molecule has 0 heterocycles. The van der Waals surface area contributed by atoms with Crippen molar-refractivity contribution < 1.29 is 17.9 Å². The monoisotopic (exact) mass is 493 g/mol. The van der Waals surface area contributed by atoms with Gasteiger partial charge < -0.3 is 4.74 Å². The fourth-order valence-electron chi connectivity index (χ4n) is 3.46. The fourth-order valence-corrected chi connectivity index (χ4v) is 4.87. The summed E-state index contributed by atoms with van der Waals surface area (Å²) in [6, 6.07) is 19.3. The van der Waals surface area contributed by atoms with Gasteiger partial charge in [0.15, 0.2) is 0 Å². The summed E-state index contributed by atoms with van der Waals surface area (Å²) < 4.78 is 33.7. The molecule has 0 fully saturated rings. The molecule has 0 aliphatic carbocycles. The average molecular weight is 494 g/mol. The van der Waals surface area contributed by atoms with Crippen LogP contribution in [0.5, 0.6) is 5.75 Å². The molecule has 0 saturated heterocycles. The minimum absolute atomic E-state index is 0.115. The molecular weight excluding hydrogens is 462 g/mol. The van der Waals surface area contributed by atoms with E-state index in [4.69, 9.17) is 4.74 Å². The first-order chi connectivity index (χ1) is 16.7. The largest absolute Gasteiger partial charge is 0.494 e. The van der Waals surface area contributed by atoms with Gasteiger partial charge in [-0.25, -0.2) is 13.8 Å². The van der Waals surface area contributed by atoms with Crippen LogP contribution in [0.2, 0.25) is 0 Å². The van der Waals surface area contributed by atoms with Crippen molar-refractivity contribution in [3.8, 4) is 5.75 Å². The van der Waals surface area contributed by atoms with Gasteiger partial charge >= 0.3 is 0 Å². The number of benzene rings is 3. The number of carbonyl (C=O) groups excluding carboxylic acids is 1. The number of nitrogens with zero attached hydrogens (tertiary/aromatic N) is 2. The van der Waals surface area contributed by atoms with Crippen molar-refractivity contribution in [3.05, 3.63) is 89.0 Å². The summed E-state index contributed by atoms with van der Waals surface area (Å²) in [6.07, 6.45) is 2.42. The number of hydrazone groups is 1. The number of anilines is 1. The summed E-state index contributed by atoms with van der Waals surface area (Å²) in [6.45, 7) is 7.92. The van der Waals surface area contributed by atoms with Gasteiger partial charge in [-0.2, -0.15) is 5.10 Å². The van der Waals surface area contributed by atoms with Gasteiger partial charge in [0.1, 0.15) is 12.3 Å². The second-order valence-electron chi connectivity index (χ2n) is 8.38. The summed E-state index contributed by atoms with van der Waals surface area (Å²) in [4.78, 5) is 12.9. The number of carbonyl (C=O) groups is 1. The predicted octanol–water partition coefficient (Wildman–Crippen LogP) is 4.75. The second kappa shape index (κ2) is 11.7. The number of rotatable bonds is 10. The van der Waals surface area contributed by atoms with Crippen LogP contribution in [0.4, 0.5) is 5.69 Å². The van der Waals surface area contributed by atoms with Crippen LogP contribution in [0.15, 0.2) is 76.7 Å². The van der Waals surface area contributed by atoms with Gasteiger partial charge in [0.2, 0.25) is 0 Å². The molecule has 35 heavy (non-hydrogen) atoms. The Labute approximate surface area is 207 Å². The smallest absolute Gasteiger partial charge is 0.264 e. The maximum atomic E-state index is 13.5. The lowest BCUT2D eigenvalue weighted by Crippen LogP contribution is -2.39. The molecule has 3 aromatic rings. The molecule has 1 amide bonds. The maximum Gasteiger partial charge on any atom is 0.264 e. The van der Waals surface area contributed by atoms with Crippen molar-refractivity contribution in [2.24, 2.45) is 5.10 Å². The van der Waals surface area contributed by atoms with E-state index in [0.29, 0.717) is 12.3 Å². The van der Waals surface area contributed by atoms with Gasteiger partial charge in [0.25, 0.3) is 15.9 Å². The highest BCUT2D eigenvalue weighted by Gasteiger charge is 2.27. The lowest BCUT2D eigenvalue weighted by Gasteiger charge is -2.24. The van der Waals surface area contributed by atoms with Crippen LogP contribution < -0.4 is 14.5 Å². The van der Waals surface area contributed by atoms with Crippen LogP contribution in [-0.2, 0) is 14.8 Å². The number of hydrogen-bond acceptors (Lipinski definition) is 5. The number of hydrogen-bond donors (Lipinski definition) is 1. The molecule has 0 bridgehead atoms. The summed E-state index contributed by atoms with van der Waals surface area (Å²) in [5.74, 6) is 0.206. The summed E-state index contributed by atoms with van der Waals surface area (Å²) >= 11 is 0. The topological polar surface area (TPSA) is 88.1 Å². The van der Waals surface area contributed by atoms with Gasteiger partial charge in [0, 0.05) is 0 Å². The Balaban J connectivity index is 1.79. The Bertz CT molecular complexity index is 1260. The molecule has 0 spiro atoms. The van der Waals surface area contributed by atoms with Crippen molar-refractivity contribution in [3.63, 3.8) is 0 Å². The average Bonchev–Trinajstić information content (AvgIpc) is 2.81. The normalized spacial score (nSPS) is 11.4. The third-order valence-electron chi connectivity index (χ3n) is 5.15. The Morgan fingerprint density at radius 3 is 2.17 bits per heavy atom. The van der Waals surface area contributed by atoms with Crippen LogP contribution >= 0.6 is 0 Å². The van der Waals surface area contributed by atoms with Gasteiger partial charge in [-0.15, -0.1) is 0 Å². The van der Waals surface area contributed by atoms with Crippen molar-refractivity contribution in [2.75, 3.05) is 17.5 Å². The van der Waals surface area contributed by atoms with E-state index in [0.717, 1.165) is 38.7 Å². The SMILES string of the molecule is CCCOc1ccc(/C=N\NC(=O)CN(c2cc(C)cc(C)c2)S(=O)(=O)c2ccc(C)cc2)cc1. The molecule has 0 radical (unpaired) electrons. The van der Waals surface area contributed by atoms with Gasteiger partial charge in [-0.3, -0.25) is 9.10 Å². The first-order valence-corrected chi connectivity index (χ1v) is 12.9. The summed E-state index contributed by atoms with van der Waals surface area (Å²) in [7, 11) is -3.98. The molecule has 8 heteroatoms. The van der Waals surface area contributed by atoms with Gasteiger partial charge in [-0.05, 0) is 92.4 Å². The van der Waals surface area contributed by atoms with E-state index in [1.807, 2.05) is 58.0 Å². The zero-order chi connectivity index (χ0) is 25.4. The highest BCUT2D eigenvalue weighted by molar-refractivity contribution is 7.92. The second-order valence-corrected chi connectivity index (χ2v) is 10.2. The molecular formula is C27H31N3O4S. The van der Waals surface area contributed by atoms with E-state index in [9.17, 15) is 13.2 Å². The highest BCUT2D eigenvalue weighted by Crippen LogP contribution is 2.26. The maximum absolute atomic E-state index is 13.5. The Hall–Kier alpha value is -3.65. The van der Waals surface area contributed by atoms with Crippen LogP contribution in [0.25, 0.3) is 0 Å². The van der Waals surface area contributed by atoms with Gasteiger partial charge in [-0.1, -0.05) is 30.7 Å². The molecule has 3 rings (SSSR count). The molecule has 3 aromatic carbocycles. The molecule has 1 N–H and O–H groups in total. The fraction of sp³-hybridized carbons (Fsp3) is 0.259. The molecule has 0 aliphatic rings. The van der Waals surface area contributed by atoms with Gasteiger partial charge in [0.05, 0.1) is 23.4 Å². The van der Waals surface area contributed by atoms with Crippen molar-refractivity contribution in [2.45, 2.75) is 39.0 Å². The van der Waals surface area contributed by atoms with Crippen LogP contribution in [0.1, 0.15) is 35.6 Å². The first kappa shape index (κ1) is 26.0. The standard InChI is InChI=1S/C27H31N3O4S/c1-5-14-34-25-10-8-23(9-11-25)18-28-29-27(31)19-30(24-16-21(3)15-22(4)17-24)35(32,33)26-12-6-20(2)7-13-26/h6-13,15-18H,5,14,19H2,1-4H3,(H,29,31)/b28-18-. The molecule has 0 atom stereocenters. The summed E-state index contributed by atoms with van der Waals surface area (Å²) in [5.41, 5.74) is 6.37. The van der Waals surface area contributed by atoms with E-state index in [-0.39, 0.29) is 4.90 Å². The number of sulfonamides is 1. The first-order valence-electron chi connectivity index (χ1n) is 11.4. The van der Waals surface area contributed by atoms with Crippen molar-refractivity contribution >= 4 is 27.8 Å².